The SMILES string of the molecule is CCOCC(O)CN(C)CCSC. The van der Waals surface area contributed by atoms with Crippen molar-refractivity contribution in [3.05, 3.63) is 0 Å². The van der Waals surface area contributed by atoms with E-state index in [0.29, 0.717) is 19.8 Å². The molecule has 0 aromatic carbocycles. The molecule has 0 saturated carbocycles. The summed E-state index contributed by atoms with van der Waals surface area (Å²) in [5, 5.41) is 9.48. The van der Waals surface area contributed by atoms with Gasteiger partial charge >= 0.3 is 0 Å². The molecule has 0 amide bonds. The molecule has 0 aliphatic heterocycles. The first-order valence-electron chi connectivity index (χ1n) is 4.64. The standard InChI is InChI=1S/C9H21NO2S/c1-4-12-8-9(11)7-10(2)5-6-13-3/h9,11H,4-8H2,1-3H3. The molecule has 3 nitrogen and oxygen atoms in total. The van der Waals surface area contributed by atoms with E-state index in [9.17, 15) is 5.11 Å². The molecule has 4 heteroatoms. The third-order valence-electron chi connectivity index (χ3n) is 1.71. The van der Waals surface area contributed by atoms with Crippen molar-refractivity contribution in [1.29, 1.82) is 0 Å². The number of thioether (sulfide) groups is 1. The molecule has 0 spiro atoms. The molecule has 0 aliphatic rings. The van der Waals surface area contributed by atoms with E-state index in [-0.39, 0.29) is 6.10 Å². The maximum absolute atomic E-state index is 9.48. The molecular weight excluding hydrogens is 186 g/mol. The van der Waals surface area contributed by atoms with Gasteiger partial charge in [0.25, 0.3) is 0 Å². The molecule has 0 aromatic rings. The van der Waals surface area contributed by atoms with Crippen molar-refractivity contribution >= 4 is 11.8 Å². The van der Waals surface area contributed by atoms with E-state index < -0.39 is 0 Å². The number of nitrogens with zero attached hydrogens (tertiary/aromatic N) is 1. The van der Waals surface area contributed by atoms with Crippen LogP contribution in [-0.4, -0.2) is 61.5 Å². The van der Waals surface area contributed by atoms with Crippen LogP contribution in [0.15, 0.2) is 0 Å². The summed E-state index contributed by atoms with van der Waals surface area (Å²) in [7, 11) is 2.02. The fraction of sp³-hybridized carbons (Fsp3) is 1.00. The predicted octanol–water partition coefficient (Wildman–Crippen LogP) is 0.679. The minimum absolute atomic E-state index is 0.355. The van der Waals surface area contributed by atoms with Crippen LogP contribution in [0, 0.1) is 0 Å². The van der Waals surface area contributed by atoms with Gasteiger partial charge in [-0.2, -0.15) is 11.8 Å². The second-order valence-electron chi connectivity index (χ2n) is 3.07. The van der Waals surface area contributed by atoms with E-state index in [2.05, 4.69) is 11.2 Å². The molecule has 0 aliphatic carbocycles. The summed E-state index contributed by atoms with van der Waals surface area (Å²) in [6.07, 6.45) is 1.73. The first-order chi connectivity index (χ1) is 6.20. The summed E-state index contributed by atoms with van der Waals surface area (Å²) in [6.45, 7) is 4.76. The number of hydrogen-bond acceptors (Lipinski definition) is 4. The van der Waals surface area contributed by atoms with Crippen molar-refractivity contribution in [2.24, 2.45) is 0 Å². The maximum Gasteiger partial charge on any atom is 0.0900 e. The Morgan fingerprint density at radius 1 is 1.54 bits per heavy atom. The third kappa shape index (κ3) is 8.56. The van der Waals surface area contributed by atoms with Crippen LogP contribution < -0.4 is 0 Å². The molecule has 0 radical (unpaired) electrons. The fourth-order valence-electron chi connectivity index (χ4n) is 1.00. The summed E-state index contributed by atoms with van der Waals surface area (Å²) in [4.78, 5) is 2.13. The zero-order valence-electron chi connectivity index (χ0n) is 8.82. The zero-order valence-corrected chi connectivity index (χ0v) is 9.64. The van der Waals surface area contributed by atoms with E-state index in [1.54, 1.807) is 0 Å². The van der Waals surface area contributed by atoms with Crippen molar-refractivity contribution in [3.8, 4) is 0 Å². The molecule has 1 unspecified atom stereocenters. The quantitative estimate of drug-likeness (QED) is 0.634. The fourth-order valence-corrected chi connectivity index (χ4v) is 1.50. The van der Waals surface area contributed by atoms with E-state index in [1.165, 1.54) is 0 Å². The second-order valence-corrected chi connectivity index (χ2v) is 4.05. The van der Waals surface area contributed by atoms with Crippen LogP contribution in [0.2, 0.25) is 0 Å². The smallest absolute Gasteiger partial charge is 0.0900 e. The Morgan fingerprint density at radius 3 is 2.77 bits per heavy atom. The average Bonchev–Trinajstić information content (AvgIpc) is 2.11. The summed E-state index contributed by atoms with van der Waals surface area (Å²) in [5.74, 6) is 1.11. The molecule has 1 atom stereocenters. The highest BCUT2D eigenvalue weighted by atomic mass is 32.2. The van der Waals surface area contributed by atoms with E-state index in [4.69, 9.17) is 4.74 Å². The average molecular weight is 207 g/mol. The lowest BCUT2D eigenvalue weighted by molar-refractivity contribution is 0.0265. The van der Waals surface area contributed by atoms with Crippen molar-refractivity contribution in [1.82, 2.24) is 4.90 Å². The minimum atomic E-state index is -0.355. The molecule has 0 fully saturated rings. The highest BCUT2D eigenvalue weighted by molar-refractivity contribution is 7.98. The van der Waals surface area contributed by atoms with Crippen LogP contribution in [0.1, 0.15) is 6.92 Å². The van der Waals surface area contributed by atoms with Crippen molar-refractivity contribution in [2.75, 3.05) is 45.4 Å². The van der Waals surface area contributed by atoms with Gasteiger partial charge < -0.3 is 14.7 Å². The second kappa shape index (κ2) is 8.81. The molecule has 0 aromatic heterocycles. The van der Waals surface area contributed by atoms with Crippen molar-refractivity contribution in [3.63, 3.8) is 0 Å². The van der Waals surface area contributed by atoms with Gasteiger partial charge in [-0.1, -0.05) is 0 Å². The summed E-state index contributed by atoms with van der Waals surface area (Å²) in [6, 6.07) is 0. The summed E-state index contributed by atoms with van der Waals surface area (Å²) < 4.78 is 5.12. The van der Waals surface area contributed by atoms with Gasteiger partial charge in [0, 0.05) is 25.4 Å². The Labute approximate surface area is 85.4 Å². The van der Waals surface area contributed by atoms with Crippen LogP contribution in [-0.2, 0) is 4.74 Å². The number of aliphatic hydroxyl groups excluding tert-OH is 1. The van der Waals surface area contributed by atoms with Crippen LogP contribution in [0.5, 0.6) is 0 Å². The van der Waals surface area contributed by atoms with Crippen LogP contribution in [0.25, 0.3) is 0 Å². The molecule has 80 valence electrons. The Hall–Kier alpha value is 0.230. The topological polar surface area (TPSA) is 32.7 Å². The van der Waals surface area contributed by atoms with Gasteiger partial charge in [0.1, 0.15) is 0 Å². The Balaban J connectivity index is 3.35. The maximum atomic E-state index is 9.48. The normalized spacial score (nSPS) is 13.6. The van der Waals surface area contributed by atoms with Gasteiger partial charge in [-0.25, -0.2) is 0 Å². The lowest BCUT2D eigenvalue weighted by Crippen LogP contribution is -2.33. The molecule has 13 heavy (non-hydrogen) atoms. The number of ether oxygens (including phenoxy) is 1. The number of aliphatic hydroxyl groups is 1. The van der Waals surface area contributed by atoms with Crippen LogP contribution in [0.4, 0.5) is 0 Å². The van der Waals surface area contributed by atoms with Crippen LogP contribution >= 0.6 is 11.8 Å². The van der Waals surface area contributed by atoms with E-state index >= 15 is 0 Å². The van der Waals surface area contributed by atoms with E-state index in [1.807, 2.05) is 25.7 Å². The lowest BCUT2D eigenvalue weighted by Gasteiger charge is -2.19. The summed E-state index contributed by atoms with van der Waals surface area (Å²) in [5.41, 5.74) is 0. The Kier molecular flexibility index (Phi) is 8.97. The minimum Gasteiger partial charge on any atom is -0.389 e. The van der Waals surface area contributed by atoms with Gasteiger partial charge in [-0.15, -0.1) is 0 Å². The van der Waals surface area contributed by atoms with Gasteiger partial charge in [0.05, 0.1) is 12.7 Å². The highest BCUT2D eigenvalue weighted by Gasteiger charge is 2.07. The first-order valence-corrected chi connectivity index (χ1v) is 6.03. The molecule has 0 rings (SSSR count). The van der Waals surface area contributed by atoms with Gasteiger partial charge in [0.2, 0.25) is 0 Å². The molecule has 0 bridgehead atoms. The molecule has 0 heterocycles. The highest BCUT2D eigenvalue weighted by Crippen LogP contribution is 1.95. The molecule has 0 saturated heterocycles. The van der Waals surface area contributed by atoms with Crippen molar-refractivity contribution < 1.29 is 9.84 Å². The monoisotopic (exact) mass is 207 g/mol. The number of rotatable bonds is 8. The Bertz CT molecular complexity index is 102. The zero-order chi connectivity index (χ0) is 10.1. The molecule has 1 N–H and O–H groups in total. The lowest BCUT2D eigenvalue weighted by atomic mass is 10.3. The Morgan fingerprint density at radius 2 is 2.23 bits per heavy atom. The van der Waals surface area contributed by atoms with Crippen molar-refractivity contribution in [2.45, 2.75) is 13.0 Å². The number of likely N-dealkylation sites (N-methyl/N-ethyl adjacent to an activating group) is 1. The van der Waals surface area contributed by atoms with E-state index in [0.717, 1.165) is 12.3 Å². The predicted molar refractivity (Wildman–Crippen MR) is 58.4 cm³/mol. The molecular formula is C9H21NO2S. The van der Waals surface area contributed by atoms with Gasteiger partial charge in [-0.05, 0) is 20.2 Å². The number of hydrogen-bond donors (Lipinski definition) is 1. The first kappa shape index (κ1) is 13.2. The summed E-state index contributed by atoms with van der Waals surface area (Å²) >= 11 is 1.82. The van der Waals surface area contributed by atoms with Gasteiger partial charge in [0.15, 0.2) is 0 Å². The van der Waals surface area contributed by atoms with Crippen LogP contribution in [0.3, 0.4) is 0 Å². The third-order valence-corrected chi connectivity index (χ3v) is 2.30. The van der Waals surface area contributed by atoms with Gasteiger partial charge in [-0.3, -0.25) is 0 Å². The largest absolute Gasteiger partial charge is 0.389 e.